The van der Waals surface area contributed by atoms with Crippen molar-refractivity contribution in [3.8, 4) is 5.75 Å². The zero-order valence-corrected chi connectivity index (χ0v) is 16.4. The number of H-pyrrole nitrogens is 1. The highest BCUT2D eigenvalue weighted by atomic mass is 16.5. The molecule has 2 aliphatic rings. The molecule has 1 spiro atoms. The fraction of sp³-hybridized carbons (Fsp3) is 0.636. The highest BCUT2D eigenvalue weighted by Crippen LogP contribution is 2.50. The molecule has 0 saturated heterocycles. The van der Waals surface area contributed by atoms with E-state index in [-0.39, 0.29) is 5.60 Å². The number of fused-ring (bicyclic) bond motifs is 4. The number of aromatic hydroxyl groups is 1. The van der Waals surface area contributed by atoms with E-state index in [1.165, 1.54) is 43.4 Å². The molecule has 0 atom stereocenters. The van der Waals surface area contributed by atoms with Crippen LogP contribution < -0.4 is 0 Å². The summed E-state index contributed by atoms with van der Waals surface area (Å²) in [5, 5.41) is 11.1. The van der Waals surface area contributed by atoms with Crippen molar-refractivity contribution in [3.05, 3.63) is 29.5 Å². The molecule has 0 radical (unpaired) electrons. The molecule has 1 saturated carbocycles. The molecule has 1 aromatic heterocycles. The summed E-state index contributed by atoms with van der Waals surface area (Å²) in [6, 6.07) is 5.66. The van der Waals surface area contributed by atoms with Crippen LogP contribution in [0.5, 0.6) is 5.75 Å². The Morgan fingerprint density at radius 3 is 2.65 bits per heavy atom. The lowest BCUT2D eigenvalue weighted by Gasteiger charge is -2.50. The number of hydrogen-bond acceptors (Lipinski definition) is 3. The summed E-state index contributed by atoms with van der Waals surface area (Å²) < 4.78 is 6.46. The Kier molecular flexibility index (Phi) is 4.52. The number of phenols is 1. The van der Waals surface area contributed by atoms with Crippen molar-refractivity contribution in [1.82, 2.24) is 9.88 Å². The monoisotopic (exact) mass is 356 g/mol. The maximum absolute atomic E-state index is 9.91. The second kappa shape index (κ2) is 6.58. The zero-order valence-electron chi connectivity index (χ0n) is 16.4. The molecule has 142 valence electrons. The first kappa shape index (κ1) is 17.9. The maximum Gasteiger partial charge on any atom is 0.116 e. The molecule has 0 unspecified atom stereocenters. The van der Waals surface area contributed by atoms with Gasteiger partial charge in [0.25, 0.3) is 0 Å². The molecular weight excluding hydrogens is 324 g/mol. The van der Waals surface area contributed by atoms with Crippen LogP contribution in [0.3, 0.4) is 0 Å². The van der Waals surface area contributed by atoms with Crippen molar-refractivity contribution in [2.45, 2.75) is 69.4 Å². The predicted molar refractivity (Wildman–Crippen MR) is 106 cm³/mol. The van der Waals surface area contributed by atoms with Gasteiger partial charge in [-0.15, -0.1) is 0 Å². The van der Waals surface area contributed by atoms with Gasteiger partial charge in [0.05, 0.1) is 12.3 Å². The van der Waals surface area contributed by atoms with Crippen LogP contribution in [0.25, 0.3) is 10.9 Å². The Bertz CT molecular complexity index is 785. The average molecular weight is 357 g/mol. The first-order chi connectivity index (χ1) is 12.5. The van der Waals surface area contributed by atoms with E-state index in [4.69, 9.17) is 4.74 Å². The van der Waals surface area contributed by atoms with Crippen LogP contribution in [0.4, 0.5) is 0 Å². The van der Waals surface area contributed by atoms with Crippen LogP contribution in [-0.2, 0) is 16.8 Å². The number of rotatable bonds is 4. The molecule has 0 bridgehead atoms. The van der Waals surface area contributed by atoms with Crippen LogP contribution >= 0.6 is 0 Å². The predicted octanol–water partition coefficient (Wildman–Crippen LogP) is 4.71. The number of hydrogen-bond donors (Lipinski definition) is 2. The van der Waals surface area contributed by atoms with Gasteiger partial charge < -0.3 is 19.7 Å². The summed E-state index contributed by atoms with van der Waals surface area (Å²) in [6.07, 6.45) is 9.26. The molecular formula is C22H32N2O2. The molecule has 2 N–H and O–H groups in total. The summed E-state index contributed by atoms with van der Waals surface area (Å²) in [7, 11) is 4.49. The second-order valence-electron chi connectivity index (χ2n) is 8.52. The summed E-state index contributed by atoms with van der Waals surface area (Å²) in [5.41, 5.74) is 3.88. The van der Waals surface area contributed by atoms with Crippen molar-refractivity contribution < 1.29 is 9.84 Å². The van der Waals surface area contributed by atoms with Gasteiger partial charge in [-0.25, -0.2) is 0 Å². The van der Waals surface area contributed by atoms with Crippen molar-refractivity contribution in [1.29, 1.82) is 0 Å². The lowest BCUT2D eigenvalue weighted by atomic mass is 9.69. The number of benzene rings is 1. The van der Waals surface area contributed by atoms with Gasteiger partial charge in [0, 0.05) is 16.4 Å². The van der Waals surface area contributed by atoms with Gasteiger partial charge in [-0.1, -0.05) is 19.8 Å². The number of aromatic amines is 1. The van der Waals surface area contributed by atoms with Gasteiger partial charge in [-0.2, -0.15) is 0 Å². The Hall–Kier alpha value is -1.52. The van der Waals surface area contributed by atoms with Crippen LogP contribution in [0.2, 0.25) is 0 Å². The fourth-order valence-electron chi connectivity index (χ4n) is 5.25. The van der Waals surface area contributed by atoms with E-state index < -0.39 is 0 Å². The summed E-state index contributed by atoms with van der Waals surface area (Å²) in [4.78, 5) is 6.11. The van der Waals surface area contributed by atoms with Gasteiger partial charge in [0.2, 0.25) is 0 Å². The minimum atomic E-state index is -0.173. The minimum Gasteiger partial charge on any atom is -0.508 e. The van der Waals surface area contributed by atoms with Gasteiger partial charge in [-0.05, 0) is 76.4 Å². The Labute approximate surface area is 156 Å². The smallest absolute Gasteiger partial charge is 0.116 e. The zero-order chi connectivity index (χ0) is 18.4. The third-order valence-electron chi connectivity index (χ3n) is 7.01. The van der Waals surface area contributed by atoms with Crippen molar-refractivity contribution in [2.75, 3.05) is 20.7 Å². The third-order valence-corrected chi connectivity index (χ3v) is 7.01. The van der Waals surface area contributed by atoms with E-state index in [1.54, 1.807) is 6.07 Å². The third kappa shape index (κ3) is 2.74. The van der Waals surface area contributed by atoms with E-state index >= 15 is 0 Å². The van der Waals surface area contributed by atoms with Crippen LogP contribution in [0.15, 0.2) is 18.2 Å². The summed E-state index contributed by atoms with van der Waals surface area (Å²) >= 11 is 0. The standard InChI is InChI=1S/C22H32N2O2/c1-4-5-9-21(24(2)3)10-12-22(13-11-21)20-17(8-14-26-22)18-15-16(25)6-7-19(18)23-20/h6-7,15,23,25H,4-5,8-14H2,1-3H3. The van der Waals surface area contributed by atoms with Crippen molar-refractivity contribution in [2.24, 2.45) is 0 Å². The van der Waals surface area contributed by atoms with E-state index in [2.05, 4.69) is 30.9 Å². The molecule has 2 aromatic rings. The van der Waals surface area contributed by atoms with E-state index in [9.17, 15) is 5.11 Å². The summed E-state index contributed by atoms with van der Waals surface area (Å²) in [6.45, 7) is 3.06. The largest absolute Gasteiger partial charge is 0.508 e. The molecule has 4 rings (SSSR count). The van der Waals surface area contributed by atoms with Crippen molar-refractivity contribution >= 4 is 10.9 Å². The lowest BCUT2D eigenvalue weighted by Crippen LogP contribution is -2.52. The number of phenolic OH excluding ortho intramolecular Hbond substituents is 1. The molecule has 26 heavy (non-hydrogen) atoms. The first-order valence-corrected chi connectivity index (χ1v) is 10.2. The molecule has 1 fully saturated rings. The SMILES string of the molecule is CCCCC1(N(C)C)CCC2(CC1)OCCc1c2[nH]c2ccc(O)cc12. The molecule has 0 amide bonds. The maximum atomic E-state index is 9.91. The first-order valence-electron chi connectivity index (χ1n) is 10.2. The minimum absolute atomic E-state index is 0.173. The van der Waals surface area contributed by atoms with Crippen LogP contribution in [0.1, 0.15) is 63.1 Å². The topological polar surface area (TPSA) is 48.5 Å². The lowest BCUT2D eigenvalue weighted by molar-refractivity contribution is -0.113. The number of nitrogens with zero attached hydrogens (tertiary/aromatic N) is 1. The van der Waals surface area contributed by atoms with Gasteiger partial charge in [-0.3, -0.25) is 0 Å². The van der Waals surface area contributed by atoms with Gasteiger partial charge >= 0.3 is 0 Å². The average Bonchev–Trinajstić information content (AvgIpc) is 3.01. The Morgan fingerprint density at radius 1 is 1.19 bits per heavy atom. The quantitative estimate of drug-likeness (QED) is 0.834. The van der Waals surface area contributed by atoms with Crippen LogP contribution in [-0.4, -0.2) is 41.2 Å². The number of nitrogens with one attached hydrogen (secondary N) is 1. The number of unbranched alkanes of at least 4 members (excludes halogenated alkanes) is 1. The van der Waals surface area contributed by atoms with E-state index in [0.717, 1.165) is 36.8 Å². The molecule has 1 aliphatic carbocycles. The summed E-state index contributed by atoms with van der Waals surface area (Å²) in [5.74, 6) is 0.342. The van der Waals surface area contributed by atoms with Gasteiger partial charge in [0.1, 0.15) is 11.4 Å². The Morgan fingerprint density at radius 2 is 1.96 bits per heavy atom. The van der Waals surface area contributed by atoms with E-state index in [1.807, 2.05) is 12.1 Å². The molecule has 4 nitrogen and oxygen atoms in total. The van der Waals surface area contributed by atoms with Gasteiger partial charge in [0.15, 0.2) is 0 Å². The molecule has 4 heteroatoms. The van der Waals surface area contributed by atoms with Crippen LogP contribution in [0, 0.1) is 0 Å². The highest BCUT2D eigenvalue weighted by Gasteiger charge is 2.48. The fourth-order valence-corrected chi connectivity index (χ4v) is 5.25. The normalized spacial score (nSPS) is 28.8. The second-order valence-corrected chi connectivity index (χ2v) is 8.52. The van der Waals surface area contributed by atoms with Crippen molar-refractivity contribution in [3.63, 3.8) is 0 Å². The molecule has 1 aliphatic heterocycles. The van der Waals surface area contributed by atoms with E-state index in [0.29, 0.717) is 11.3 Å². The molecule has 1 aromatic carbocycles. The Balaban J connectivity index is 1.67. The number of aromatic nitrogens is 1. The highest BCUT2D eigenvalue weighted by molar-refractivity contribution is 5.86. The molecule has 2 heterocycles. The number of ether oxygens (including phenoxy) is 1.